The molecule has 32 heavy (non-hydrogen) atoms. The summed E-state index contributed by atoms with van der Waals surface area (Å²) in [6, 6.07) is 18.3. The predicted molar refractivity (Wildman–Crippen MR) is 127 cm³/mol. The topological polar surface area (TPSA) is 75.6 Å². The number of hydrogen-bond donors (Lipinski definition) is 2. The lowest BCUT2D eigenvalue weighted by Crippen LogP contribution is -2.24. The number of benzene rings is 2. The number of imidazole rings is 1. The highest BCUT2D eigenvalue weighted by Crippen LogP contribution is 2.26. The zero-order chi connectivity index (χ0) is 22.3. The minimum atomic E-state index is -0.112. The minimum absolute atomic E-state index is 0.0590. The van der Waals surface area contributed by atoms with Crippen molar-refractivity contribution in [2.45, 2.75) is 32.9 Å². The molecule has 160 valence electrons. The zero-order valence-electron chi connectivity index (χ0n) is 18.4. The van der Waals surface area contributed by atoms with Crippen LogP contribution in [-0.4, -0.2) is 25.4 Å². The molecule has 0 spiro atoms. The van der Waals surface area contributed by atoms with Gasteiger partial charge in [0.05, 0.1) is 28.7 Å². The summed E-state index contributed by atoms with van der Waals surface area (Å²) in [5.41, 5.74) is 5.61. The summed E-state index contributed by atoms with van der Waals surface area (Å²) >= 11 is 0. The summed E-state index contributed by atoms with van der Waals surface area (Å²) in [5, 5.41) is 4.06. The lowest BCUT2D eigenvalue weighted by molar-refractivity contribution is 0.0950. The molecular weight excluding hydrogens is 398 g/mol. The first kappa shape index (κ1) is 20.0. The fourth-order valence-electron chi connectivity index (χ4n) is 3.80. The van der Waals surface area contributed by atoms with Gasteiger partial charge in [-0.25, -0.2) is 4.98 Å². The van der Waals surface area contributed by atoms with Crippen molar-refractivity contribution in [1.82, 2.24) is 24.8 Å². The van der Waals surface area contributed by atoms with E-state index in [2.05, 4.69) is 71.4 Å². The van der Waals surface area contributed by atoms with E-state index in [0.717, 1.165) is 38.9 Å². The number of aromatic amines is 1. The van der Waals surface area contributed by atoms with Gasteiger partial charge in [-0.15, -0.1) is 0 Å². The minimum Gasteiger partial charge on any atom is -0.348 e. The van der Waals surface area contributed by atoms with E-state index >= 15 is 0 Å². The fraction of sp³-hybridized carbons (Fsp3) is 0.192. The van der Waals surface area contributed by atoms with Gasteiger partial charge in [0, 0.05) is 29.5 Å². The van der Waals surface area contributed by atoms with Crippen LogP contribution in [0.15, 0.2) is 73.2 Å². The number of fused-ring (bicyclic) bond motifs is 2. The molecule has 0 aliphatic carbocycles. The standard InChI is InChI=1S/C26H25N5O/c1-26(2,3)31-12-10-20(16-31)25(32)28-15-24-29-22-9-7-18(14-23(22)30-24)17-6-8-21-19(13-17)5-4-11-27-21/h4-14,16H,15H2,1-3H3,(H,28,32)(H,29,30). The van der Waals surface area contributed by atoms with Crippen molar-refractivity contribution in [2.24, 2.45) is 0 Å². The first-order chi connectivity index (χ1) is 15.4. The molecule has 3 aromatic heterocycles. The third-order valence-corrected chi connectivity index (χ3v) is 5.61. The van der Waals surface area contributed by atoms with Crippen molar-refractivity contribution in [1.29, 1.82) is 0 Å². The highest BCUT2D eigenvalue weighted by atomic mass is 16.1. The zero-order valence-corrected chi connectivity index (χ0v) is 18.4. The molecule has 5 rings (SSSR count). The molecule has 6 heteroatoms. The van der Waals surface area contributed by atoms with E-state index in [4.69, 9.17) is 0 Å². The van der Waals surface area contributed by atoms with Gasteiger partial charge in [-0.3, -0.25) is 9.78 Å². The van der Waals surface area contributed by atoms with Crippen molar-refractivity contribution < 1.29 is 4.79 Å². The number of aromatic nitrogens is 4. The Morgan fingerprint density at radius 1 is 1.03 bits per heavy atom. The van der Waals surface area contributed by atoms with Crippen LogP contribution in [0.4, 0.5) is 0 Å². The second-order valence-corrected chi connectivity index (χ2v) is 8.99. The van der Waals surface area contributed by atoms with Crippen molar-refractivity contribution in [3.8, 4) is 11.1 Å². The monoisotopic (exact) mass is 423 g/mol. The van der Waals surface area contributed by atoms with Gasteiger partial charge < -0.3 is 14.9 Å². The van der Waals surface area contributed by atoms with Crippen LogP contribution in [0.25, 0.3) is 33.1 Å². The maximum absolute atomic E-state index is 12.5. The van der Waals surface area contributed by atoms with Gasteiger partial charge in [0.2, 0.25) is 0 Å². The summed E-state index contributed by atoms with van der Waals surface area (Å²) in [4.78, 5) is 24.9. The van der Waals surface area contributed by atoms with E-state index in [1.54, 1.807) is 6.20 Å². The van der Waals surface area contributed by atoms with Crippen LogP contribution in [-0.2, 0) is 12.1 Å². The molecule has 0 aliphatic heterocycles. The molecule has 0 saturated heterocycles. The second kappa shape index (κ2) is 7.64. The highest BCUT2D eigenvalue weighted by Gasteiger charge is 2.15. The molecule has 1 amide bonds. The quantitative estimate of drug-likeness (QED) is 0.414. The summed E-state index contributed by atoms with van der Waals surface area (Å²) in [7, 11) is 0. The lowest BCUT2D eigenvalue weighted by Gasteiger charge is -2.20. The molecule has 0 atom stereocenters. The molecule has 0 bridgehead atoms. The molecule has 0 saturated carbocycles. The predicted octanol–water partition coefficient (Wildman–Crippen LogP) is 5.26. The summed E-state index contributed by atoms with van der Waals surface area (Å²) in [5.74, 6) is 0.613. The van der Waals surface area contributed by atoms with Gasteiger partial charge in [-0.1, -0.05) is 18.2 Å². The van der Waals surface area contributed by atoms with E-state index in [1.807, 2.05) is 41.2 Å². The SMILES string of the molecule is CC(C)(C)n1ccc(C(=O)NCc2nc3ccc(-c4ccc5ncccc5c4)cc3[nH]2)c1. The van der Waals surface area contributed by atoms with E-state index in [9.17, 15) is 4.79 Å². The number of carbonyl (C=O) groups is 1. The smallest absolute Gasteiger partial charge is 0.253 e. The van der Waals surface area contributed by atoms with Crippen LogP contribution in [0.2, 0.25) is 0 Å². The number of carbonyl (C=O) groups excluding carboxylic acids is 1. The number of H-pyrrole nitrogens is 1. The number of pyridine rings is 1. The van der Waals surface area contributed by atoms with Crippen LogP contribution in [0.5, 0.6) is 0 Å². The van der Waals surface area contributed by atoms with E-state index in [1.165, 1.54) is 0 Å². The molecular formula is C26H25N5O. The first-order valence-electron chi connectivity index (χ1n) is 10.7. The number of rotatable bonds is 4. The van der Waals surface area contributed by atoms with Crippen LogP contribution in [0, 0.1) is 0 Å². The Labute approximate surface area is 186 Å². The second-order valence-electron chi connectivity index (χ2n) is 8.99. The number of nitrogens with zero attached hydrogens (tertiary/aromatic N) is 3. The number of nitrogens with one attached hydrogen (secondary N) is 2. The van der Waals surface area contributed by atoms with Crippen LogP contribution >= 0.6 is 0 Å². The van der Waals surface area contributed by atoms with Crippen molar-refractivity contribution in [3.05, 3.63) is 84.6 Å². The average Bonchev–Trinajstić information content (AvgIpc) is 3.44. The van der Waals surface area contributed by atoms with Gasteiger partial charge >= 0.3 is 0 Å². The van der Waals surface area contributed by atoms with Crippen LogP contribution < -0.4 is 5.32 Å². The van der Waals surface area contributed by atoms with Gasteiger partial charge in [-0.2, -0.15) is 0 Å². The molecule has 0 fully saturated rings. The summed E-state index contributed by atoms with van der Waals surface area (Å²) < 4.78 is 2.04. The Morgan fingerprint density at radius 3 is 2.59 bits per heavy atom. The Bertz CT molecular complexity index is 1440. The largest absolute Gasteiger partial charge is 0.348 e. The van der Waals surface area contributed by atoms with Crippen LogP contribution in [0.1, 0.15) is 37.0 Å². The normalized spacial score (nSPS) is 11.8. The van der Waals surface area contributed by atoms with Gasteiger partial charge in [0.1, 0.15) is 5.82 Å². The van der Waals surface area contributed by atoms with Crippen molar-refractivity contribution in [2.75, 3.05) is 0 Å². The van der Waals surface area contributed by atoms with E-state index < -0.39 is 0 Å². The molecule has 0 unspecified atom stereocenters. The third-order valence-electron chi connectivity index (χ3n) is 5.61. The number of hydrogen-bond acceptors (Lipinski definition) is 3. The third kappa shape index (κ3) is 3.87. The summed E-state index contributed by atoms with van der Waals surface area (Å²) in [6.45, 7) is 6.65. The Morgan fingerprint density at radius 2 is 1.81 bits per heavy atom. The van der Waals surface area contributed by atoms with Gasteiger partial charge in [0.25, 0.3) is 5.91 Å². The highest BCUT2D eigenvalue weighted by molar-refractivity contribution is 5.94. The van der Waals surface area contributed by atoms with Gasteiger partial charge in [-0.05, 0) is 68.3 Å². The lowest BCUT2D eigenvalue weighted by atomic mass is 10.0. The van der Waals surface area contributed by atoms with Crippen molar-refractivity contribution >= 4 is 27.8 Å². The fourth-order valence-corrected chi connectivity index (χ4v) is 3.80. The number of amides is 1. The Hall–Kier alpha value is -3.93. The van der Waals surface area contributed by atoms with Gasteiger partial charge in [0.15, 0.2) is 0 Å². The van der Waals surface area contributed by atoms with E-state index in [0.29, 0.717) is 12.1 Å². The van der Waals surface area contributed by atoms with Crippen molar-refractivity contribution in [3.63, 3.8) is 0 Å². The van der Waals surface area contributed by atoms with E-state index in [-0.39, 0.29) is 11.4 Å². The molecule has 0 aliphatic rings. The first-order valence-corrected chi connectivity index (χ1v) is 10.7. The molecule has 2 aromatic carbocycles. The molecule has 0 radical (unpaired) electrons. The molecule has 3 heterocycles. The summed E-state index contributed by atoms with van der Waals surface area (Å²) in [6.07, 6.45) is 5.61. The van der Waals surface area contributed by atoms with Crippen LogP contribution in [0.3, 0.4) is 0 Å². The molecule has 6 nitrogen and oxygen atoms in total. The average molecular weight is 424 g/mol. The molecule has 5 aromatic rings. The Balaban J connectivity index is 1.33. The maximum Gasteiger partial charge on any atom is 0.253 e. The maximum atomic E-state index is 12.5. The Kier molecular flexibility index (Phi) is 4.78. The molecule has 2 N–H and O–H groups in total.